The van der Waals surface area contributed by atoms with Crippen LogP contribution in [0, 0.1) is 0 Å². The van der Waals surface area contributed by atoms with Gasteiger partial charge in [0.05, 0.1) is 27.7 Å². The van der Waals surface area contributed by atoms with Gasteiger partial charge in [0.1, 0.15) is 16.2 Å². The lowest BCUT2D eigenvalue weighted by atomic mass is 9.80. The van der Waals surface area contributed by atoms with Crippen LogP contribution >= 0.6 is 0 Å². The third kappa shape index (κ3) is 4.67. The zero-order chi connectivity index (χ0) is 20.4. The molecular weight excluding hydrogens is 378 g/mol. The summed E-state index contributed by atoms with van der Waals surface area (Å²) in [5.74, 6) is -0.0112. The number of methoxy groups -OCH3 is 1. The van der Waals surface area contributed by atoms with Crippen molar-refractivity contribution in [3.8, 4) is 5.75 Å². The highest BCUT2D eigenvalue weighted by Gasteiger charge is 2.38. The molecule has 0 aromatic heterocycles. The molecule has 0 aliphatic heterocycles. The van der Waals surface area contributed by atoms with Crippen molar-refractivity contribution in [2.24, 2.45) is 0 Å². The molecule has 156 valence electrons. The Morgan fingerprint density at radius 3 is 2.46 bits per heavy atom. The van der Waals surface area contributed by atoms with Crippen LogP contribution < -0.4 is 19.7 Å². The van der Waals surface area contributed by atoms with Crippen LogP contribution in [-0.2, 0) is 10.0 Å². The maximum atomic E-state index is 12.8. The van der Waals surface area contributed by atoms with Gasteiger partial charge in [0, 0.05) is 24.4 Å². The van der Waals surface area contributed by atoms with E-state index in [0.717, 1.165) is 25.7 Å². The topological polar surface area (TPSA) is 88.9 Å². The highest BCUT2D eigenvalue weighted by atomic mass is 32.2. The van der Waals surface area contributed by atoms with Crippen LogP contribution in [0.3, 0.4) is 0 Å². The van der Waals surface area contributed by atoms with Gasteiger partial charge in [0.2, 0.25) is 10.0 Å². The molecule has 0 spiro atoms. The average Bonchev–Trinajstić information content (AvgIpc) is 3.49. The van der Waals surface area contributed by atoms with Crippen molar-refractivity contribution in [3.63, 3.8) is 0 Å². The van der Waals surface area contributed by atoms with E-state index in [2.05, 4.69) is 24.1 Å². The molecule has 8 heteroatoms. The Morgan fingerprint density at radius 2 is 1.89 bits per heavy atom. The number of carbonyl (C=O) groups excluding carboxylic acids is 1. The van der Waals surface area contributed by atoms with Gasteiger partial charge in [-0.1, -0.05) is 6.42 Å². The summed E-state index contributed by atoms with van der Waals surface area (Å²) in [5.41, 5.74) is 0.375. The number of hydrogen-bond donors (Lipinski definition) is 3. The molecule has 0 radical (unpaired) electrons. The van der Waals surface area contributed by atoms with E-state index in [0.29, 0.717) is 12.1 Å². The molecule has 2 aliphatic carbocycles. The van der Waals surface area contributed by atoms with Crippen molar-refractivity contribution in [1.82, 2.24) is 10.0 Å². The van der Waals surface area contributed by atoms with Gasteiger partial charge in [-0.15, -0.1) is 0 Å². The highest BCUT2D eigenvalue weighted by Crippen LogP contribution is 2.29. The lowest BCUT2D eigenvalue weighted by molar-refractivity contribution is -0.916. The van der Waals surface area contributed by atoms with E-state index in [1.54, 1.807) is 12.1 Å². The maximum Gasteiger partial charge on any atom is 0.251 e. The van der Waals surface area contributed by atoms with Crippen molar-refractivity contribution < 1.29 is 22.8 Å². The quantitative estimate of drug-likeness (QED) is 0.589. The van der Waals surface area contributed by atoms with Crippen molar-refractivity contribution in [2.75, 3.05) is 27.7 Å². The molecule has 1 amide bonds. The maximum absolute atomic E-state index is 12.8. The molecule has 0 saturated heterocycles. The van der Waals surface area contributed by atoms with Crippen molar-refractivity contribution in [1.29, 1.82) is 0 Å². The van der Waals surface area contributed by atoms with E-state index in [1.807, 2.05) is 0 Å². The summed E-state index contributed by atoms with van der Waals surface area (Å²) >= 11 is 0. The number of ether oxygens (including phenoxy) is 1. The number of nitrogens with one attached hydrogen (secondary N) is 3. The second kappa shape index (κ2) is 8.39. The largest absolute Gasteiger partial charge is 0.495 e. The van der Waals surface area contributed by atoms with Crippen LogP contribution in [0.5, 0.6) is 5.75 Å². The van der Waals surface area contributed by atoms with Crippen molar-refractivity contribution in [2.45, 2.75) is 61.4 Å². The first kappa shape index (κ1) is 21.1. The molecule has 0 atom stereocenters. The normalized spacial score (nSPS) is 19.4. The molecule has 2 fully saturated rings. The van der Waals surface area contributed by atoms with E-state index >= 15 is 0 Å². The summed E-state index contributed by atoms with van der Waals surface area (Å²) in [7, 11) is 1.99. The van der Waals surface area contributed by atoms with Crippen LogP contribution in [0.25, 0.3) is 0 Å². The fourth-order valence-electron chi connectivity index (χ4n) is 3.95. The lowest BCUT2D eigenvalue weighted by Crippen LogP contribution is -3.16. The molecule has 0 heterocycles. The van der Waals surface area contributed by atoms with Gasteiger partial charge in [-0.25, -0.2) is 13.1 Å². The Morgan fingerprint density at radius 1 is 1.21 bits per heavy atom. The predicted octanol–water partition coefficient (Wildman–Crippen LogP) is 0.713. The minimum Gasteiger partial charge on any atom is -0.495 e. The molecule has 1 aromatic carbocycles. The Hall–Kier alpha value is -1.64. The number of rotatable bonds is 8. The smallest absolute Gasteiger partial charge is 0.251 e. The third-order valence-electron chi connectivity index (χ3n) is 6.07. The standard InChI is InChI=1S/C20H31N3O4S/c1-23(2)20(11-5-4-6-12-20)14-21-19(24)15-7-10-17(27-3)18(13-15)28(25,26)22-16-8-9-16/h7,10,13,16,22H,4-6,8-9,11-12,14H2,1-3H3,(H,21,24)/p+1. The number of amides is 1. The molecule has 7 nitrogen and oxygen atoms in total. The van der Waals surface area contributed by atoms with Gasteiger partial charge in [0.25, 0.3) is 5.91 Å². The monoisotopic (exact) mass is 410 g/mol. The van der Waals surface area contributed by atoms with Crippen LogP contribution in [0.2, 0.25) is 0 Å². The van der Waals surface area contributed by atoms with E-state index in [-0.39, 0.29) is 28.1 Å². The lowest BCUT2D eigenvalue weighted by Gasteiger charge is -2.39. The van der Waals surface area contributed by atoms with E-state index in [1.165, 1.54) is 37.3 Å². The molecular formula is C20H32N3O4S+. The number of hydrogen-bond acceptors (Lipinski definition) is 4. The minimum absolute atomic E-state index is 0.0126. The van der Waals surface area contributed by atoms with Crippen LogP contribution in [0.1, 0.15) is 55.3 Å². The summed E-state index contributed by atoms with van der Waals surface area (Å²) in [5, 5.41) is 3.04. The van der Waals surface area contributed by atoms with E-state index in [4.69, 9.17) is 4.74 Å². The van der Waals surface area contributed by atoms with Gasteiger partial charge in [-0.3, -0.25) is 4.79 Å². The van der Waals surface area contributed by atoms with Crippen LogP contribution in [0.4, 0.5) is 0 Å². The zero-order valence-electron chi connectivity index (χ0n) is 17.0. The molecule has 1 aromatic rings. The second-order valence-corrected chi connectivity index (χ2v) is 9.97. The fourth-order valence-corrected chi connectivity index (χ4v) is 5.45. The number of likely N-dealkylation sites (N-methyl/N-ethyl adjacent to an activating group) is 1. The first-order chi connectivity index (χ1) is 13.3. The predicted molar refractivity (Wildman–Crippen MR) is 107 cm³/mol. The molecule has 3 rings (SSSR count). The molecule has 28 heavy (non-hydrogen) atoms. The summed E-state index contributed by atoms with van der Waals surface area (Å²) in [4.78, 5) is 14.1. The van der Waals surface area contributed by atoms with Crippen LogP contribution in [-0.4, -0.2) is 53.7 Å². The number of quaternary nitrogens is 1. The molecule has 2 saturated carbocycles. The molecule has 3 N–H and O–H groups in total. The molecule has 0 unspecified atom stereocenters. The Kier molecular flexibility index (Phi) is 6.31. The van der Waals surface area contributed by atoms with Gasteiger partial charge >= 0.3 is 0 Å². The minimum atomic E-state index is -3.72. The third-order valence-corrected chi connectivity index (χ3v) is 7.61. The van der Waals surface area contributed by atoms with Gasteiger partial charge in [-0.05, 0) is 43.9 Å². The van der Waals surface area contributed by atoms with Crippen molar-refractivity contribution in [3.05, 3.63) is 23.8 Å². The number of sulfonamides is 1. The van der Waals surface area contributed by atoms with E-state index in [9.17, 15) is 13.2 Å². The van der Waals surface area contributed by atoms with Crippen LogP contribution in [0.15, 0.2) is 23.1 Å². The SMILES string of the molecule is COc1ccc(C(=O)NCC2([NH+](C)C)CCCCC2)cc1S(=O)(=O)NC1CC1. The Bertz CT molecular complexity index is 813. The van der Waals surface area contributed by atoms with Gasteiger partial charge in [-0.2, -0.15) is 0 Å². The molecule has 2 aliphatic rings. The second-order valence-electron chi connectivity index (χ2n) is 8.28. The summed E-state index contributed by atoms with van der Waals surface area (Å²) < 4.78 is 33.2. The summed E-state index contributed by atoms with van der Waals surface area (Å²) in [6, 6.07) is 4.56. The fraction of sp³-hybridized carbons (Fsp3) is 0.650. The Labute approximate surface area is 167 Å². The Balaban J connectivity index is 1.77. The first-order valence-corrected chi connectivity index (χ1v) is 11.5. The van der Waals surface area contributed by atoms with Gasteiger partial charge < -0.3 is 15.0 Å². The number of benzene rings is 1. The van der Waals surface area contributed by atoms with Crippen molar-refractivity contribution >= 4 is 15.9 Å². The first-order valence-electron chi connectivity index (χ1n) is 10.1. The van der Waals surface area contributed by atoms with E-state index < -0.39 is 10.0 Å². The highest BCUT2D eigenvalue weighted by molar-refractivity contribution is 7.89. The average molecular weight is 411 g/mol. The molecule has 0 bridgehead atoms. The summed E-state index contributed by atoms with van der Waals surface area (Å²) in [6.45, 7) is 0.586. The van der Waals surface area contributed by atoms with Gasteiger partial charge in [0.15, 0.2) is 0 Å². The number of carbonyl (C=O) groups is 1. The summed E-state index contributed by atoms with van der Waals surface area (Å²) in [6.07, 6.45) is 7.47. The zero-order valence-corrected chi connectivity index (χ0v) is 17.8.